The van der Waals surface area contributed by atoms with Crippen molar-refractivity contribution in [3.8, 4) is 0 Å². The third kappa shape index (κ3) is 9.59. The van der Waals surface area contributed by atoms with Gasteiger partial charge in [-0.2, -0.15) is 0 Å². The Bertz CT molecular complexity index is 363. The van der Waals surface area contributed by atoms with Gasteiger partial charge in [-0.15, -0.1) is 0 Å². The molecule has 1 unspecified atom stereocenters. The molecule has 0 aromatic carbocycles. The quantitative estimate of drug-likeness (QED) is 0.584. The average molecular weight is 294 g/mol. The Hall–Kier alpha value is -0.930. The minimum Gasteiger partial charge on any atom is -0.353 e. The SMILES string of the molecule is CC(=O)CCC=C(C)CCC=C(C)COC1CCCCO1. The first kappa shape index (κ1) is 18.1. The van der Waals surface area contributed by atoms with Crippen LogP contribution in [0.25, 0.3) is 0 Å². The van der Waals surface area contributed by atoms with Gasteiger partial charge in [0.2, 0.25) is 0 Å². The standard InChI is InChI=1S/C18H30O3/c1-15(9-7-11-17(3)19)8-6-10-16(2)14-21-18-12-4-5-13-20-18/h9-10,18H,4-8,11-14H2,1-3H3. The Balaban J connectivity index is 2.14. The topological polar surface area (TPSA) is 35.5 Å². The fraction of sp³-hybridized carbons (Fsp3) is 0.722. The number of ketones is 1. The number of rotatable bonds is 9. The van der Waals surface area contributed by atoms with Gasteiger partial charge in [-0.25, -0.2) is 0 Å². The van der Waals surface area contributed by atoms with Crippen LogP contribution in [-0.4, -0.2) is 25.3 Å². The molecule has 1 fully saturated rings. The van der Waals surface area contributed by atoms with Gasteiger partial charge in [0.25, 0.3) is 0 Å². The lowest BCUT2D eigenvalue weighted by Gasteiger charge is -2.22. The van der Waals surface area contributed by atoms with Gasteiger partial charge >= 0.3 is 0 Å². The number of ether oxygens (including phenoxy) is 2. The van der Waals surface area contributed by atoms with Crippen LogP contribution in [-0.2, 0) is 14.3 Å². The molecule has 0 bridgehead atoms. The lowest BCUT2D eigenvalue weighted by atomic mass is 10.1. The molecule has 1 aliphatic rings. The zero-order valence-corrected chi connectivity index (χ0v) is 13.8. The summed E-state index contributed by atoms with van der Waals surface area (Å²) in [5, 5.41) is 0. The molecule has 0 aliphatic carbocycles. The van der Waals surface area contributed by atoms with E-state index in [0.717, 1.165) is 38.7 Å². The Morgan fingerprint density at radius 1 is 1.10 bits per heavy atom. The molecular formula is C18H30O3. The zero-order valence-electron chi connectivity index (χ0n) is 13.8. The van der Waals surface area contributed by atoms with Gasteiger partial charge in [0, 0.05) is 13.0 Å². The Morgan fingerprint density at radius 3 is 2.48 bits per heavy atom. The van der Waals surface area contributed by atoms with E-state index in [2.05, 4.69) is 26.0 Å². The summed E-state index contributed by atoms with van der Waals surface area (Å²) in [5.41, 5.74) is 2.62. The van der Waals surface area contributed by atoms with Gasteiger partial charge in [-0.1, -0.05) is 23.3 Å². The number of hydrogen-bond acceptors (Lipinski definition) is 3. The summed E-state index contributed by atoms with van der Waals surface area (Å²) < 4.78 is 11.3. The van der Waals surface area contributed by atoms with Crippen molar-refractivity contribution in [3.63, 3.8) is 0 Å². The summed E-state index contributed by atoms with van der Waals surface area (Å²) in [6.07, 6.45) is 11.4. The van der Waals surface area contributed by atoms with Crippen molar-refractivity contribution in [1.29, 1.82) is 0 Å². The number of allylic oxidation sites excluding steroid dienone is 3. The Morgan fingerprint density at radius 2 is 1.81 bits per heavy atom. The summed E-state index contributed by atoms with van der Waals surface area (Å²) in [6.45, 7) is 7.38. The molecule has 0 radical (unpaired) electrons. The van der Waals surface area contributed by atoms with Crippen molar-refractivity contribution in [3.05, 3.63) is 23.3 Å². The number of carbonyl (C=O) groups excluding carboxylic acids is 1. The predicted octanol–water partition coefficient (Wildman–Crippen LogP) is 4.57. The highest BCUT2D eigenvalue weighted by molar-refractivity contribution is 5.75. The predicted molar refractivity (Wildman–Crippen MR) is 86.2 cm³/mol. The second kappa shape index (κ2) is 10.7. The third-order valence-corrected chi connectivity index (χ3v) is 3.66. The van der Waals surface area contributed by atoms with Crippen LogP contribution in [0.3, 0.4) is 0 Å². The van der Waals surface area contributed by atoms with Gasteiger partial charge in [-0.05, 0) is 59.3 Å². The summed E-state index contributed by atoms with van der Waals surface area (Å²) in [4.78, 5) is 10.9. The summed E-state index contributed by atoms with van der Waals surface area (Å²) >= 11 is 0. The van der Waals surface area contributed by atoms with Crippen molar-refractivity contribution in [2.24, 2.45) is 0 Å². The number of Topliss-reactive ketones (excluding diaryl/α,β-unsaturated/α-hetero) is 1. The first-order valence-electron chi connectivity index (χ1n) is 8.12. The molecular weight excluding hydrogens is 264 g/mol. The number of carbonyl (C=O) groups is 1. The van der Waals surface area contributed by atoms with E-state index in [0.29, 0.717) is 13.0 Å². The van der Waals surface area contributed by atoms with Crippen molar-refractivity contribution in [1.82, 2.24) is 0 Å². The van der Waals surface area contributed by atoms with Crippen LogP contribution < -0.4 is 0 Å². The smallest absolute Gasteiger partial charge is 0.158 e. The lowest BCUT2D eigenvalue weighted by molar-refractivity contribution is -0.156. The molecule has 1 aliphatic heterocycles. The molecule has 0 aromatic heterocycles. The van der Waals surface area contributed by atoms with Crippen LogP contribution in [0.15, 0.2) is 23.3 Å². The van der Waals surface area contributed by atoms with Crippen LogP contribution >= 0.6 is 0 Å². The molecule has 0 N–H and O–H groups in total. The van der Waals surface area contributed by atoms with E-state index in [1.54, 1.807) is 6.92 Å². The van der Waals surface area contributed by atoms with E-state index in [1.807, 2.05) is 0 Å². The minimum atomic E-state index is -0.00434. The molecule has 120 valence electrons. The Labute approximate surface area is 129 Å². The number of hydrogen-bond donors (Lipinski definition) is 0. The summed E-state index contributed by atoms with van der Waals surface area (Å²) in [7, 11) is 0. The highest BCUT2D eigenvalue weighted by atomic mass is 16.7. The fourth-order valence-electron chi connectivity index (χ4n) is 2.30. The summed E-state index contributed by atoms with van der Waals surface area (Å²) in [6, 6.07) is 0. The van der Waals surface area contributed by atoms with Crippen molar-refractivity contribution in [2.75, 3.05) is 13.2 Å². The molecule has 0 aromatic rings. The first-order chi connectivity index (χ1) is 10.1. The molecule has 0 spiro atoms. The molecule has 21 heavy (non-hydrogen) atoms. The third-order valence-electron chi connectivity index (χ3n) is 3.66. The average Bonchev–Trinajstić information content (AvgIpc) is 2.46. The molecule has 3 heteroatoms. The van der Waals surface area contributed by atoms with E-state index in [9.17, 15) is 4.79 Å². The van der Waals surface area contributed by atoms with Crippen LogP contribution in [0.5, 0.6) is 0 Å². The van der Waals surface area contributed by atoms with Crippen molar-refractivity contribution in [2.45, 2.75) is 72.0 Å². The van der Waals surface area contributed by atoms with Crippen LogP contribution in [0.4, 0.5) is 0 Å². The maximum atomic E-state index is 10.9. The van der Waals surface area contributed by atoms with Crippen molar-refractivity contribution >= 4 is 5.78 Å². The van der Waals surface area contributed by atoms with E-state index in [-0.39, 0.29) is 12.1 Å². The molecule has 1 atom stereocenters. The minimum absolute atomic E-state index is 0.00434. The lowest BCUT2D eigenvalue weighted by Crippen LogP contribution is -2.22. The fourth-order valence-corrected chi connectivity index (χ4v) is 2.30. The van der Waals surface area contributed by atoms with Crippen LogP contribution in [0.1, 0.15) is 65.7 Å². The Kier molecular flexibility index (Phi) is 9.27. The first-order valence-corrected chi connectivity index (χ1v) is 8.12. The largest absolute Gasteiger partial charge is 0.353 e. The van der Waals surface area contributed by atoms with Gasteiger partial charge in [0.05, 0.1) is 6.61 Å². The van der Waals surface area contributed by atoms with E-state index in [4.69, 9.17) is 9.47 Å². The molecule has 3 nitrogen and oxygen atoms in total. The molecule has 1 heterocycles. The van der Waals surface area contributed by atoms with Crippen LogP contribution in [0, 0.1) is 0 Å². The normalized spacial score (nSPS) is 20.6. The molecule has 1 saturated heterocycles. The zero-order chi connectivity index (χ0) is 15.5. The van der Waals surface area contributed by atoms with Crippen LogP contribution in [0.2, 0.25) is 0 Å². The molecule has 1 rings (SSSR count). The molecule has 0 saturated carbocycles. The van der Waals surface area contributed by atoms with Gasteiger partial charge < -0.3 is 14.3 Å². The second-order valence-electron chi connectivity index (χ2n) is 5.99. The van der Waals surface area contributed by atoms with Gasteiger partial charge in [-0.3, -0.25) is 0 Å². The maximum absolute atomic E-state index is 10.9. The van der Waals surface area contributed by atoms with E-state index < -0.39 is 0 Å². The maximum Gasteiger partial charge on any atom is 0.158 e. The monoisotopic (exact) mass is 294 g/mol. The summed E-state index contributed by atoms with van der Waals surface area (Å²) in [5.74, 6) is 0.261. The molecule has 0 amide bonds. The van der Waals surface area contributed by atoms with Gasteiger partial charge in [0.15, 0.2) is 6.29 Å². The van der Waals surface area contributed by atoms with E-state index in [1.165, 1.54) is 17.6 Å². The van der Waals surface area contributed by atoms with Gasteiger partial charge in [0.1, 0.15) is 5.78 Å². The highest BCUT2D eigenvalue weighted by Gasteiger charge is 2.13. The van der Waals surface area contributed by atoms with E-state index >= 15 is 0 Å². The van der Waals surface area contributed by atoms with Crippen molar-refractivity contribution < 1.29 is 14.3 Å². The second-order valence-corrected chi connectivity index (χ2v) is 5.99. The highest BCUT2D eigenvalue weighted by Crippen LogP contribution is 2.15.